The molecular weight excluding hydrogens is 504 g/mol. The number of hydrogen-bond donors (Lipinski definition) is 1. The number of Topliss-reactive ketones (excluding diaryl/α,β-unsaturated/α-hetero) is 1. The summed E-state index contributed by atoms with van der Waals surface area (Å²) >= 11 is 0. The fourth-order valence-corrected chi connectivity index (χ4v) is 6.59. The van der Waals surface area contributed by atoms with Crippen molar-refractivity contribution in [1.82, 2.24) is 10.2 Å². The molecule has 7 nitrogen and oxygen atoms in total. The highest BCUT2D eigenvalue weighted by atomic mass is 16.6. The number of hydrogen-bond acceptors (Lipinski definition) is 7. The van der Waals surface area contributed by atoms with Gasteiger partial charge >= 0.3 is 5.97 Å². The van der Waals surface area contributed by atoms with Gasteiger partial charge in [0, 0.05) is 33.1 Å². The minimum Gasteiger partial charge on any atom is -0.458 e. The smallest absolute Gasteiger partial charge is 0.308 e. The van der Waals surface area contributed by atoms with Gasteiger partial charge < -0.3 is 24.4 Å². The zero-order chi connectivity index (χ0) is 29.3. The molecule has 224 valence electrons. The van der Waals surface area contributed by atoms with Gasteiger partial charge in [-0.25, -0.2) is 0 Å². The maximum Gasteiger partial charge on any atom is 0.308 e. The summed E-state index contributed by atoms with van der Waals surface area (Å²) in [6.45, 7) is 11.5. The van der Waals surface area contributed by atoms with Crippen LogP contribution in [0.15, 0.2) is 35.9 Å². The van der Waals surface area contributed by atoms with Crippen molar-refractivity contribution in [3.63, 3.8) is 0 Å². The second kappa shape index (κ2) is 14.7. The monoisotopic (exact) mass is 556 g/mol. The number of methoxy groups -OCH3 is 2. The summed E-state index contributed by atoms with van der Waals surface area (Å²) in [5.41, 5.74) is 3.02. The number of fused-ring (bicyclic) bond motifs is 2. The molecule has 4 rings (SSSR count). The van der Waals surface area contributed by atoms with Crippen molar-refractivity contribution < 1.29 is 23.8 Å². The molecule has 3 aliphatic rings. The summed E-state index contributed by atoms with van der Waals surface area (Å²) in [5, 5.41) is 3.30. The SMILES string of the molecule is COCC(C)(COC)C(=O)CNCCCN(C)CC[C@]1(OC(=O)C(C)C)C[C@@H]2CC[C@H]1C(c1ccccc1)=C2C. The van der Waals surface area contributed by atoms with Crippen LogP contribution in [-0.4, -0.2) is 82.9 Å². The zero-order valence-corrected chi connectivity index (χ0v) is 25.9. The minimum absolute atomic E-state index is 0.0944. The number of rotatable bonds is 17. The van der Waals surface area contributed by atoms with E-state index in [9.17, 15) is 9.59 Å². The fraction of sp³-hybridized carbons (Fsp3) is 0.697. The number of carbonyl (C=O) groups excluding carboxylic acids is 2. The average Bonchev–Trinajstić information content (AvgIpc) is 2.93. The highest BCUT2D eigenvalue weighted by Gasteiger charge is 2.53. The van der Waals surface area contributed by atoms with E-state index in [-0.39, 0.29) is 23.6 Å². The molecule has 0 amide bonds. The molecule has 1 fully saturated rings. The molecule has 40 heavy (non-hydrogen) atoms. The quantitative estimate of drug-likeness (QED) is 0.214. The number of carbonyl (C=O) groups is 2. The van der Waals surface area contributed by atoms with E-state index in [2.05, 4.69) is 54.5 Å². The predicted octanol–water partition coefficient (Wildman–Crippen LogP) is 5.00. The number of ether oxygens (including phenoxy) is 3. The molecule has 1 saturated carbocycles. The van der Waals surface area contributed by atoms with Gasteiger partial charge in [-0.3, -0.25) is 9.59 Å². The normalized spacial score (nSPS) is 22.8. The Hall–Kier alpha value is -2.06. The largest absolute Gasteiger partial charge is 0.458 e. The number of nitrogens with zero attached hydrogens (tertiary/aromatic N) is 1. The summed E-state index contributed by atoms with van der Waals surface area (Å²) in [6.07, 6.45) is 4.89. The summed E-state index contributed by atoms with van der Waals surface area (Å²) < 4.78 is 17.0. The molecule has 0 spiro atoms. The van der Waals surface area contributed by atoms with Crippen molar-refractivity contribution in [1.29, 1.82) is 0 Å². The topological polar surface area (TPSA) is 77.1 Å². The highest BCUT2D eigenvalue weighted by Crippen LogP contribution is 2.56. The van der Waals surface area contributed by atoms with Crippen LogP contribution in [0.5, 0.6) is 0 Å². The van der Waals surface area contributed by atoms with Crippen LogP contribution in [0.25, 0.3) is 5.57 Å². The van der Waals surface area contributed by atoms with Crippen molar-refractivity contribution in [2.24, 2.45) is 23.2 Å². The zero-order valence-electron chi connectivity index (χ0n) is 25.9. The van der Waals surface area contributed by atoms with E-state index in [1.54, 1.807) is 14.2 Å². The summed E-state index contributed by atoms with van der Waals surface area (Å²) in [5.74, 6) is 0.529. The third kappa shape index (κ3) is 7.81. The van der Waals surface area contributed by atoms with Crippen molar-refractivity contribution in [3.05, 3.63) is 41.5 Å². The second-order valence-electron chi connectivity index (χ2n) is 12.6. The Morgan fingerprint density at radius 2 is 1.77 bits per heavy atom. The molecule has 1 aromatic rings. The summed E-state index contributed by atoms with van der Waals surface area (Å²) in [7, 11) is 5.35. The Labute approximate surface area is 242 Å². The standard InChI is InChI=1S/C33H52N2O5/c1-24(2)31(37)40-33(20-27-14-15-28(33)30(25(27)3)26-12-9-8-10-13-26)16-19-35(5)18-11-17-34-21-29(36)32(4,22-38-6)23-39-7/h8-10,12-13,24,27-28,34H,11,14-23H2,1-7H3/t27-,28-,33-/m0/s1. The molecule has 3 atom stereocenters. The molecule has 1 N–H and O–H groups in total. The third-order valence-corrected chi connectivity index (χ3v) is 8.97. The molecule has 0 aliphatic heterocycles. The lowest BCUT2D eigenvalue weighted by Gasteiger charge is -2.53. The lowest BCUT2D eigenvalue weighted by atomic mass is 9.57. The summed E-state index contributed by atoms with van der Waals surface area (Å²) in [4.78, 5) is 28.1. The average molecular weight is 557 g/mol. The predicted molar refractivity (Wildman–Crippen MR) is 160 cm³/mol. The first kappa shape index (κ1) is 32.5. The van der Waals surface area contributed by atoms with E-state index >= 15 is 0 Å². The number of benzene rings is 1. The first-order valence-corrected chi connectivity index (χ1v) is 15.0. The van der Waals surface area contributed by atoms with Gasteiger partial charge in [0.25, 0.3) is 0 Å². The Morgan fingerprint density at radius 3 is 2.40 bits per heavy atom. The maximum absolute atomic E-state index is 13.0. The molecule has 7 heteroatoms. The van der Waals surface area contributed by atoms with Crippen LogP contribution in [-0.2, 0) is 23.8 Å². The van der Waals surface area contributed by atoms with Crippen LogP contribution in [0.1, 0.15) is 65.4 Å². The lowest BCUT2D eigenvalue weighted by molar-refractivity contribution is -0.176. The van der Waals surface area contributed by atoms with Crippen LogP contribution >= 0.6 is 0 Å². The van der Waals surface area contributed by atoms with E-state index in [1.165, 1.54) is 23.1 Å². The van der Waals surface area contributed by atoms with Gasteiger partial charge in [-0.05, 0) is 76.7 Å². The number of nitrogens with one attached hydrogen (secondary N) is 1. The van der Waals surface area contributed by atoms with Crippen molar-refractivity contribution in [2.75, 3.05) is 60.7 Å². The van der Waals surface area contributed by atoms with Gasteiger partial charge in [0.15, 0.2) is 5.78 Å². The van der Waals surface area contributed by atoms with Crippen LogP contribution in [0, 0.1) is 23.2 Å². The molecule has 0 saturated heterocycles. The lowest BCUT2D eigenvalue weighted by Crippen LogP contribution is -2.53. The van der Waals surface area contributed by atoms with Gasteiger partial charge in [0.1, 0.15) is 5.60 Å². The van der Waals surface area contributed by atoms with Crippen LogP contribution < -0.4 is 5.32 Å². The number of ketones is 1. The Kier molecular flexibility index (Phi) is 11.9. The molecule has 1 aromatic carbocycles. The maximum atomic E-state index is 13.0. The van der Waals surface area contributed by atoms with Gasteiger partial charge in [0.05, 0.1) is 31.1 Å². The molecule has 0 aromatic heterocycles. The van der Waals surface area contributed by atoms with Crippen molar-refractivity contribution >= 4 is 17.3 Å². The van der Waals surface area contributed by atoms with Crippen molar-refractivity contribution in [2.45, 2.75) is 65.4 Å². The van der Waals surface area contributed by atoms with E-state index < -0.39 is 11.0 Å². The van der Waals surface area contributed by atoms with E-state index in [0.717, 1.165) is 45.3 Å². The van der Waals surface area contributed by atoms with Gasteiger partial charge in [-0.1, -0.05) is 49.8 Å². The molecule has 3 aliphatic carbocycles. The molecule has 0 radical (unpaired) electrons. The van der Waals surface area contributed by atoms with E-state index in [4.69, 9.17) is 14.2 Å². The van der Waals surface area contributed by atoms with Gasteiger partial charge in [-0.15, -0.1) is 0 Å². The highest BCUT2D eigenvalue weighted by molar-refractivity contribution is 5.86. The Bertz CT molecular complexity index is 1000. The molecular formula is C33H52N2O5. The Morgan fingerprint density at radius 1 is 1.10 bits per heavy atom. The number of esters is 1. The second-order valence-corrected chi connectivity index (χ2v) is 12.6. The Balaban J connectivity index is 1.60. The van der Waals surface area contributed by atoms with E-state index in [0.29, 0.717) is 25.7 Å². The minimum atomic E-state index is -0.639. The first-order chi connectivity index (χ1) is 19.1. The molecule has 0 unspecified atom stereocenters. The number of allylic oxidation sites excluding steroid dienone is 1. The molecule has 0 heterocycles. The van der Waals surface area contributed by atoms with Crippen LogP contribution in [0.4, 0.5) is 0 Å². The van der Waals surface area contributed by atoms with Crippen LogP contribution in [0.3, 0.4) is 0 Å². The van der Waals surface area contributed by atoms with Gasteiger partial charge in [-0.2, -0.15) is 0 Å². The van der Waals surface area contributed by atoms with Gasteiger partial charge in [0.2, 0.25) is 0 Å². The fourth-order valence-electron chi connectivity index (χ4n) is 6.59. The van der Waals surface area contributed by atoms with E-state index in [1.807, 2.05) is 20.8 Å². The molecule has 2 bridgehead atoms. The first-order valence-electron chi connectivity index (χ1n) is 15.0. The van der Waals surface area contributed by atoms with Crippen molar-refractivity contribution in [3.8, 4) is 0 Å². The third-order valence-electron chi connectivity index (χ3n) is 8.97. The van der Waals surface area contributed by atoms with Crippen LogP contribution in [0.2, 0.25) is 0 Å². The summed E-state index contributed by atoms with van der Waals surface area (Å²) in [6, 6.07) is 10.7.